The van der Waals surface area contributed by atoms with Crippen molar-refractivity contribution in [3.8, 4) is 0 Å². The van der Waals surface area contributed by atoms with Crippen LogP contribution in [-0.4, -0.2) is 40.3 Å². The summed E-state index contributed by atoms with van der Waals surface area (Å²) < 4.78 is 1.68. The predicted molar refractivity (Wildman–Crippen MR) is 130 cm³/mol. The zero-order valence-electron chi connectivity index (χ0n) is 19.3. The number of hydrogen-bond donors (Lipinski definition) is 1. The fourth-order valence-electron chi connectivity index (χ4n) is 5.27. The largest absolute Gasteiger partial charge is 0.339 e. The molecule has 2 N–H and O–H groups in total. The number of piperidine rings is 1. The van der Waals surface area contributed by atoms with Gasteiger partial charge in [-0.25, -0.2) is 0 Å². The molecule has 1 aliphatic heterocycles. The van der Waals surface area contributed by atoms with E-state index in [2.05, 4.69) is 18.7 Å². The number of nitrogens with zero attached hydrogens (tertiary/aromatic N) is 2. The van der Waals surface area contributed by atoms with Gasteiger partial charge in [0.05, 0.1) is 5.52 Å². The Kier molecular flexibility index (Phi) is 6.47. The van der Waals surface area contributed by atoms with E-state index >= 15 is 0 Å². The molecule has 0 saturated carbocycles. The summed E-state index contributed by atoms with van der Waals surface area (Å²) in [5, 5.41) is 1.04. The Balaban J connectivity index is 1.65. The van der Waals surface area contributed by atoms with Gasteiger partial charge in [0.15, 0.2) is 11.6 Å². The molecule has 168 valence electrons. The van der Waals surface area contributed by atoms with Crippen molar-refractivity contribution in [2.45, 2.75) is 58.4 Å². The Morgan fingerprint density at radius 2 is 1.69 bits per heavy atom. The van der Waals surface area contributed by atoms with Crippen LogP contribution in [0.2, 0.25) is 0 Å². The third kappa shape index (κ3) is 4.09. The molecular weight excluding hydrogens is 398 g/mol. The summed E-state index contributed by atoms with van der Waals surface area (Å²) in [6.07, 6.45) is 6.61. The number of fused-ring (bicyclic) bond motifs is 1. The van der Waals surface area contributed by atoms with Gasteiger partial charge in [0.1, 0.15) is 0 Å². The van der Waals surface area contributed by atoms with E-state index < -0.39 is 0 Å². The van der Waals surface area contributed by atoms with Crippen LogP contribution in [0.1, 0.15) is 84.2 Å². The lowest BCUT2D eigenvalue weighted by atomic mass is 9.87. The first kappa shape index (κ1) is 22.3. The second kappa shape index (κ2) is 9.29. The van der Waals surface area contributed by atoms with Crippen LogP contribution in [0.3, 0.4) is 0 Å². The second-order valence-corrected chi connectivity index (χ2v) is 8.94. The van der Waals surface area contributed by atoms with E-state index in [0.717, 1.165) is 36.8 Å². The number of nitrogen functional groups attached to an aromatic ring is 1. The molecule has 0 amide bonds. The molecule has 1 fully saturated rings. The van der Waals surface area contributed by atoms with Crippen LogP contribution < -0.4 is 5.84 Å². The lowest BCUT2D eigenvalue weighted by Crippen LogP contribution is -2.40. The summed E-state index contributed by atoms with van der Waals surface area (Å²) in [6, 6.07) is 13.4. The van der Waals surface area contributed by atoms with Crippen molar-refractivity contribution >= 4 is 22.5 Å². The van der Waals surface area contributed by atoms with Gasteiger partial charge in [-0.1, -0.05) is 38.1 Å². The van der Waals surface area contributed by atoms with Crippen LogP contribution in [0.5, 0.6) is 0 Å². The molecular formula is C27H33N3O2. The van der Waals surface area contributed by atoms with Gasteiger partial charge < -0.3 is 10.7 Å². The van der Waals surface area contributed by atoms with Crippen molar-refractivity contribution in [1.29, 1.82) is 0 Å². The summed E-state index contributed by atoms with van der Waals surface area (Å²) in [7, 11) is 0. The molecule has 5 nitrogen and oxygen atoms in total. The Bertz CT molecular complexity index is 1140. The Morgan fingerprint density at radius 3 is 2.31 bits per heavy atom. The van der Waals surface area contributed by atoms with Crippen molar-refractivity contribution in [2.75, 3.05) is 18.9 Å². The van der Waals surface area contributed by atoms with Crippen LogP contribution in [0.25, 0.3) is 10.9 Å². The van der Waals surface area contributed by atoms with Gasteiger partial charge in [-0.15, -0.1) is 0 Å². The highest BCUT2D eigenvalue weighted by molar-refractivity contribution is 6.16. The van der Waals surface area contributed by atoms with Crippen molar-refractivity contribution in [2.24, 2.45) is 0 Å². The Labute approximate surface area is 190 Å². The predicted octanol–water partition coefficient (Wildman–Crippen LogP) is 5.16. The number of hydrogen-bond acceptors (Lipinski definition) is 4. The van der Waals surface area contributed by atoms with Crippen molar-refractivity contribution < 1.29 is 9.59 Å². The lowest BCUT2D eigenvalue weighted by molar-refractivity contribution is 0.0990. The topological polar surface area (TPSA) is 68.3 Å². The monoisotopic (exact) mass is 431 g/mol. The number of rotatable bonds is 7. The number of benzene rings is 2. The SMILES string of the molecule is CCC(CC)N1CCC(c2cn(N)c3ccc(C(=O)c4ccccc4C(C)=O)cc23)CC1. The van der Waals surface area contributed by atoms with Gasteiger partial charge in [0, 0.05) is 34.3 Å². The van der Waals surface area contributed by atoms with Gasteiger partial charge in [0.2, 0.25) is 0 Å². The fraction of sp³-hybridized carbons (Fsp3) is 0.407. The smallest absolute Gasteiger partial charge is 0.193 e. The number of carbonyl (C=O) groups excluding carboxylic acids is 2. The van der Waals surface area contributed by atoms with Gasteiger partial charge in [-0.05, 0) is 75.4 Å². The molecule has 1 saturated heterocycles. The van der Waals surface area contributed by atoms with E-state index in [-0.39, 0.29) is 11.6 Å². The van der Waals surface area contributed by atoms with E-state index in [1.54, 1.807) is 28.9 Å². The number of Topliss-reactive ketones (excluding diaryl/α,β-unsaturated/α-hetero) is 1. The van der Waals surface area contributed by atoms with E-state index in [0.29, 0.717) is 28.7 Å². The van der Waals surface area contributed by atoms with E-state index in [1.165, 1.54) is 25.3 Å². The van der Waals surface area contributed by atoms with Gasteiger partial charge >= 0.3 is 0 Å². The number of ketones is 2. The van der Waals surface area contributed by atoms with Crippen LogP contribution in [0.15, 0.2) is 48.7 Å². The number of carbonyl (C=O) groups is 2. The van der Waals surface area contributed by atoms with Gasteiger partial charge in [-0.3, -0.25) is 14.3 Å². The molecule has 1 aromatic heterocycles. The highest BCUT2D eigenvalue weighted by atomic mass is 16.1. The van der Waals surface area contributed by atoms with Crippen molar-refractivity contribution in [1.82, 2.24) is 9.58 Å². The van der Waals surface area contributed by atoms with Crippen LogP contribution in [0, 0.1) is 0 Å². The van der Waals surface area contributed by atoms with E-state index in [1.807, 2.05) is 24.4 Å². The average molecular weight is 432 g/mol. The molecule has 0 bridgehead atoms. The van der Waals surface area contributed by atoms with E-state index in [4.69, 9.17) is 5.84 Å². The Morgan fingerprint density at radius 1 is 1.03 bits per heavy atom. The highest BCUT2D eigenvalue weighted by Crippen LogP contribution is 2.35. The normalized spacial score (nSPS) is 15.5. The second-order valence-electron chi connectivity index (χ2n) is 8.94. The van der Waals surface area contributed by atoms with Gasteiger partial charge in [0.25, 0.3) is 0 Å². The lowest BCUT2D eigenvalue weighted by Gasteiger charge is -2.37. The summed E-state index contributed by atoms with van der Waals surface area (Å²) >= 11 is 0. The van der Waals surface area contributed by atoms with Crippen LogP contribution in [-0.2, 0) is 0 Å². The van der Waals surface area contributed by atoms with Crippen LogP contribution >= 0.6 is 0 Å². The van der Waals surface area contributed by atoms with E-state index in [9.17, 15) is 9.59 Å². The fourth-order valence-corrected chi connectivity index (χ4v) is 5.27. The molecule has 0 aliphatic carbocycles. The van der Waals surface area contributed by atoms with Crippen molar-refractivity contribution in [3.63, 3.8) is 0 Å². The summed E-state index contributed by atoms with van der Waals surface area (Å²) in [4.78, 5) is 27.9. The number of aromatic nitrogens is 1. The zero-order chi connectivity index (χ0) is 22.8. The third-order valence-corrected chi connectivity index (χ3v) is 7.11. The minimum Gasteiger partial charge on any atom is -0.339 e. The maximum atomic E-state index is 13.3. The Hall–Kier alpha value is -2.92. The maximum Gasteiger partial charge on any atom is 0.193 e. The van der Waals surface area contributed by atoms with Crippen LogP contribution in [0.4, 0.5) is 0 Å². The summed E-state index contributed by atoms with van der Waals surface area (Å²) in [6.45, 7) is 8.23. The molecule has 5 heteroatoms. The molecule has 0 atom stereocenters. The molecule has 0 spiro atoms. The average Bonchev–Trinajstić information content (AvgIpc) is 3.15. The number of likely N-dealkylation sites (tertiary alicyclic amines) is 1. The first-order valence-electron chi connectivity index (χ1n) is 11.7. The molecule has 3 aromatic rings. The summed E-state index contributed by atoms with van der Waals surface area (Å²) in [5.74, 6) is 6.48. The summed E-state index contributed by atoms with van der Waals surface area (Å²) in [5.41, 5.74) is 3.66. The minimum absolute atomic E-state index is 0.104. The highest BCUT2D eigenvalue weighted by Gasteiger charge is 2.27. The van der Waals surface area contributed by atoms with Crippen molar-refractivity contribution in [3.05, 3.63) is 70.9 Å². The molecule has 0 radical (unpaired) electrons. The maximum absolute atomic E-state index is 13.3. The molecule has 1 aliphatic rings. The minimum atomic E-state index is -0.128. The standard InChI is InChI=1S/C27H33N3O2/c1-4-21(5-2)29-14-12-19(13-15-29)25-17-30(28)26-11-10-20(16-24(25)26)27(32)23-9-7-6-8-22(23)18(3)31/h6-11,16-17,19,21H,4-5,12-15,28H2,1-3H3. The third-order valence-electron chi connectivity index (χ3n) is 7.11. The quantitative estimate of drug-likeness (QED) is 0.415. The molecule has 2 aromatic carbocycles. The molecule has 32 heavy (non-hydrogen) atoms. The molecule has 0 unspecified atom stereocenters. The molecule has 2 heterocycles. The molecule has 4 rings (SSSR count). The number of nitrogens with two attached hydrogens (primary N) is 1. The first-order valence-corrected chi connectivity index (χ1v) is 11.7. The van der Waals surface area contributed by atoms with Gasteiger partial charge in [-0.2, -0.15) is 0 Å². The first-order chi connectivity index (χ1) is 15.4. The zero-order valence-corrected chi connectivity index (χ0v) is 19.3.